The van der Waals surface area contributed by atoms with Crippen molar-refractivity contribution in [1.29, 1.82) is 0 Å². The topological polar surface area (TPSA) is 116 Å². The number of benzene rings is 2. The van der Waals surface area contributed by atoms with Crippen molar-refractivity contribution in [3.05, 3.63) is 68.2 Å². The lowest BCUT2D eigenvalue weighted by Crippen LogP contribution is -2.31. The van der Waals surface area contributed by atoms with E-state index in [1.165, 1.54) is 18.2 Å². The van der Waals surface area contributed by atoms with Crippen molar-refractivity contribution in [1.82, 2.24) is 4.90 Å². The predicted octanol–water partition coefficient (Wildman–Crippen LogP) is 2.97. The second-order valence-corrected chi connectivity index (χ2v) is 6.96. The molecule has 1 heterocycles. The molecule has 0 radical (unpaired) electrons. The number of para-hydroxylation sites is 2. The first-order valence-electron chi connectivity index (χ1n) is 8.56. The highest BCUT2D eigenvalue weighted by Crippen LogP contribution is 2.27. The van der Waals surface area contributed by atoms with E-state index in [9.17, 15) is 24.5 Å². The summed E-state index contributed by atoms with van der Waals surface area (Å²) in [5.41, 5.74) is 0.421. The molecule has 2 amide bonds. The average molecular weight is 463 g/mol. The summed E-state index contributed by atoms with van der Waals surface area (Å²) in [7, 11) is 0. The number of esters is 1. The summed E-state index contributed by atoms with van der Waals surface area (Å²) in [5.74, 6) is -1.53. The van der Waals surface area contributed by atoms with Crippen LogP contribution in [-0.2, 0) is 9.53 Å². The highest BCUT2D eigenvalue weighted by molar-refractivity contribution is 9.10. The van der Waals surface area contributed by atoms with Gasteiger partial charge in [-0.1, -0.05) is 28.1 Å². The molecule has 9 nitrogen and oxygen atoms in total. The molecule has 3 rings (SSSR count). The number of halogens is 1. The van der Waals surface area contributed by atoms with Crippen LogP contribution in [0, 0.1) is 10.1 Å². The molecule has 0 saturated carbocycles. The Morgan fingerprint density at radius 3 is 2.59 bits per heavy atom. The Morgan fingerprint density at radius 1 is 1.10 bits per heavy atom. The SMILES string of the molecule is O=C(COc1ccccc1[N+](=O)[O-])OCCCN1C(=O)c2ccc(Br)cc2C1=O. The molecular weight excluding hydrogens is 448 g/mol. The van der Waals surface area contributed by atoms with Gasteiger partial charge in [-0.05, 0) is 30.7 Å². The fraction of sp³-hybridized carbons (Fsp3) is 0.211. The second-order valence-electron chi connectivity index (χ2n) is 6.04. The van der Waals surface area contributed by atoms with E-state index in [1.54, 1.807) is 24.3 Å². The lowest BCUT2D eigenvalue weighted by Gasteiger charge is -2.13. The van der Waals surface area contributed by atoms with Crippen molar-refractivity contribution in [2.24, 2.45) is 0 Å². The zero-order chi connectivity index (χ0) is 21.0. The minimum absolute atomic E-state index is 0.0316. The van der Waals surface area contributed by atoms with Gasteiger partial charge >= 0.3 is 11.7 Å². The third-order valence-electron chi connectivity index (χ3n) is 4.13. The van der Waals surface area contributed by atoms with Crippen molar-refractivity contribution < 1.29 is 28.8 Å². The smallest absolute Gasteiger partial charge is 0.344 e. The van der Waals surface area contributed by atoms with E-state index in [1.807, 2.05) is 0 Å². The summed E-state index contributed by atoms with van der Waals surface area (Å²) < 4.78 is 10.8. The average Bonchev–Trinajstić information content (AvgIpc) is 2.93. The number of nitro benzene ring substituents is 1. The van der Waals surface area contributed by atoms with Crippen LogP contribution in [0.4, 0.5) is 5.69 Å². The number of hydrogen-bond donors (Lipinski definition) is 0. The maximum absolute atomic E-state index is 12.3. The quantitative estimate of drug-likeness (QED) is 0.194. The minimum Gasteiger partial charge on any atom is -0.475 e. The molecule has 0 aliphatic carbocycles. The molecule has 0 unspecified atom stereocenters. The first-order chi connectivity index (χ1) is 13.9. The Morgan fingerprint density at radius 2 is 1.83 bits per heavy atom. The van der Waals surface area contributed by atoms with Crippen LogP contribution in [0.25, 0.3) is 0 Å². The third kappa shape index (κ3) is 4.60. The Hall–Kier alpha value is -3.27. The van der Waals surface area contributed by atoms with Gasteiger partial charge in [-0.25, -0.2) is 4.79 Å². The molecule has 0 N–H and O–H groups in total. The van der Waals surface area contributed by atoms with Crippen molar-refractivity contribution in [3.63, 3.8) is 0 Å². The molecule has 0 saturated heterocycles. The number of amides is 2. The Labute approximate surface area is 173 Å². The molecule has 150 valence electrons. The number of imide groups is 1. The van der Waals surface area contributed by atoms with Crippen LogP contribution in [0.1, 0.15) is 27.1 Å². The molecule has 0 atom stereocenters. The summed E-state index contributed by atoms with van der Waals surface area (Å²) in [5, 5.41) is 10.9. The van der Waals surface area contributed by atoms with Gasteiger partial charge in [0.2, 0.25) is 0 Å². The molecule has 1 aliphatic heterocycles. The number of carbonyl (C=O) groups excluding carboxylic acids is 3. The molecule has 10 heteroatoms. The normalized spacial score (nSPS) is 12.7. The van der Waals surface area contributed by atoms with Crippen LogP contribution in [0.3, 0.4) is 0 Å². The van der Waals surface area contributed by atoms with E-state index in [4.69, 9.17) is 9.47 Å². The van der Waals surface area contributed by atoms with E-state index in [0.717, 1.165) is 4.90 Å². The van der Waals surface area contributed by atoms with Gasteiger partial charge in [-0.15, -0.1) is 0 Å². The van der Waals surface area contributed by atoms with Gasteiger partial charge in [0.05, 0.1) is 22.7 Å². The first kappa shape index (κ1) is 20.5. The van der Waals surface area contributed by atoms with Crippen molar-refractivity contribution >= 4 is 39.4 Å². The largest absolute Gasteiger partial charge is 0.475 e. The Balaban J connectivity index is 1.44. The maximum Gasteiger partial charge on any atom is 0.344 e. The Bertz CT molecular complexity index is 992. The molecule has 0 fully saturated rings. The lowest BCUT2D eigenvalue weighted by atomic mass is 10.1. The molecule has 2 aromatic carbocycles. The zero-order valence-electron chi connectivity index (χ0n) is 15.0. The predicted molar refractivity (Wildman–Crippen MR) is 104 cm³/mol. The molecule has 0 aromatic heterocycles. The minimum atomic E-state index is -0.713. The van der Waals surface area contributed by atoms with Crippen LogP contribution in [0.2, 0.25) is 0 Å². The lowest BCUT2D eigenvalue weighted by molar-refractivity contribution is -0.385. The summed E-state index contributed by atoms with van der Waals surface area (Å²) in [6.45, 7) is -0.426. The summed E-state index contributed by atoms with van der Waals surface area (Å²) in [4.78, 5) is 47.8. The van der Waals surface area contributed by atoms with Gasteiger partial charge in [0.15, 0.2) is 12.4 Å². The van der Waals surface area contributed by atoms with Crippen LogP contribution in [-0.4, -0.2) is 47.4 Å². The van der Waals surface area contributed by atoms with Crippen LogP contribution >= 0.6 is 15.9 Å². The van der Waals surface area contributed by atoms with E-state index in [-0.39, 0.29) is 36.9 Å². The van der Waals surface area contributed by atoms with Gasteiger partial charge in [0.25, 0.3) is 11.8 Å². The van der Waals surface area contributed by atoms with Crippen LogP contribution < -0.4 is 4.74 Å². The van der Waals surface area contributed by atoms with Crippen LogP contribution in [0.15, 0.2) is 46.9 Å². The number of carbonyl (C=O) groups is 3. The van der Waals surface area contributed by atoms with E-state index >= 15 is 0 Å². The zero-order valence-corrected chi connectivity index (χ0v) is 16.6. The van der Waals surface area contributed by atoms with Gasteiger partial charge in [0.1, 0.15) is 0 Å². The second kappa shape index (κ2) is 8.82. The highest BCUT2D eigenvalue weighted by Gasteiger charge is 2.35. The third-order valence-corrected chi connectivity index (χ3v) is 4.62. The molecule has 0 bridgehead atoms. The number of fused-ring (bicyclic) bond motifs is 1. The van der Waals surface area contributed by atoms with E-state index in [0.29, 0.717) is 15.6 Å². The Kier molecular flexibility index (Phi) is 6.23. The van der Waals surface area contributed by atoms with Crippen LogP contribution in [0.5, 0.6) is 5.75 Å². The molecule has 29 heavy (non-hydrogen) atoms. The molecule has 0 spiro atoms. The fourth-order valence-corrected chi connectivity index (χ4v) is 3.14. The molecular formula is C19H15BrN2O7. The number of nitrogens with zero attached hydrogens (tertiary/aromatic N) is 2. The summed E-state index contributed by atoms with van der Waals surface area (Å²) >= 11 is 3.27. The van der Waals surface area contributed by atoms with Gasteiger partial charge in [-0.3, -0.25) is 24.6 Å². The standard InChI is InChI=1S/C19H15BrN2O7/c20-12-6-7-13-14(10-12)19(25)21(18(13)24)8-3-9-28-17(23)11-29-16-5-2-1-4-15(16)22(26)27/h1-2,4-7,10H,3,8-9,11H2. The summed E-state index contributed by atoms with van der Waals surface area (Å²) in [6, 6.07) is 10.5. The summed E-state index contributed by atoms with van der Waals surface area (Å²) in [6.07, 6.45) is 0.254. The van der Waals surface area contributed by atoms with Crippen molar-refractivity contribution in [2.75, 3.05) is 19.8 Å². The van der Waals surface area contributed by atoms with E-state index in [2.05, 4.69) is 15.9 Å². The number of nitro groups is 1. The maximum atomic E-state index is 12.3. The van der Waals surface area contributed by atoms with Gasteiger partial charge in [0, 0.05) is 17.1 Å². The number of ether oxygens (including phenoxy) is 2. The van der Waals surface area contributed by atoms with Gasteiger partial charge in [-0.2, -0.15) is 0 Å². The monoisotopic (exact) mass is 462 g/mol. The van der Waals surface area contributed by atoms with E-state index < -0.39 is 23.4 Å². The molecule has 1 aliphatic rings. The number of hydrogen-bond acceptors (Lipinski definition) is 7. The van der Waals surface area contributed by atoms with Crippen molar-refractivity contribution in [3.8, 4) is 5.75 Å². The first-order valence-corrected chi connectivity index (χ1v) is 9.35. The highest BCUT2D eigenvalue weighted by atomic mass is 79.9. The molecule has 2 aromatic rings. The number of rotatable bonds is 8. The van der Waals surface area contributed by atoms with Crippen molar-refractivity contribution in [2.45, 2.75) is 6.42 Å². The van der Waals surface area contributed by atoms with Gasteiger partial charge < -0.3 is 9.47 Å². The fourth-order valence-electron chi connectivity index (χ4n) is 2.78.